The summed E-state index contributed by atoms with van der Waals surface area (Å²) in [7, 11) is 0. The first-order chi connectivity index (χ1) is 37.9. The molecule has 9 aromatic carbocycles. The first kappa shape index (κ1) is 51.1. The molecule has 5 nitrogen and oxygen atoms in total. The lowest BCUT2D eigenvalue weighted by molar-refractivity contribution is 0.480. The van der Waals surface area contributed by atoms with E-state index < -0.39 is 0 Å². The highest BCUT2D eigenvalue weighted by Crippen LogP contribution is 2.50. The predicted octanol–water partition coefficient (Wildman–Crippen LogP) is 19.8. The summed E-state index contributed by atoms with van der Waals surface area (Å²) in [4.78, 5) is 10.0. The van der Waals surface area contributed by atoms with Crippen LogP contribution in [0.2, 0.25) is 0 Å². The summed E-state index contributed by atoms with van der Waals surface area (Å²) < 4.78 is 9.57. The minimum Gasteiger partial charge on any atom is -0.457 e. The van der Waals surface area contributed by atoms with Crippen LogP contribution in [-0.4, -0.2) is 16.2 Å². The molecule has 5 heteroatoms. The van der Waals surface area contributed by atoms with Crippen molar-refractivity contribution in [2.24, 2.45) is 0 Å². The summed E-state index contributed by atoms with van der Waals surface area (Å²) in [5.74, 6) is 2.39. The van der Waals surface area contributed by atoms with Crippen LogP contribution >= 0.6 is 0 Å². The van der Waals surface area contributed by atoms with Gasteiger partial charge in [-0.1, -0.05) is 209 Å². The van der Waals surface area contributed by atoms with Gasteiger partial charge in [-0.15, -0.1) is 0 Å². The van der Waals surface area contributed by atoms with Gasteiger partial charge in [0.15, 0.2) is 0 Å². The summed E-state index contributed by atoms with van der Waals surface area (Å²) in [5.41, 5.74) is 18.1. The Morgan fingerprint density at radius 3 is 1.53 bits per heavy atom. The van der Waals surface area contributed by atoms with E-state index in [0.29, 0.717) is 6.67 Å². The Balaban J connectivity index is 1.02. The summed E-state index contributed by atoms with van der Waals surface area (Å²) in [6.45, 7) is 23.6. The van der Waals surface area contributed by atoms with Gasteiger partial charge in [0, 0.05) is 51.3 Å². The van der Waals surface area contributed by atoms with Crippen molar-refractivity contribution in [1.82, 2.24) is 9.55 Å². The minimum absolute atomic E-state index is 0.0579. The lowest BCUT2D eigenvalue weighted by Crippen LogP contribution is -2.26. The number of aromatic nitrogens is 2. The van der Waals surface area contributed by atoms with Crippen molar-refractivity contribution in [3.63, 3.8) is 0 Å². The van der Waals surface area contributed by atoms with Gasteiger partial charge in [-0.2, -0.15) is 0 Å². The zero-order chi connectivity index (χ0) is 54.8. The van der Waals surface area contributed by atoms with E-state index in [4.69, 9.17) is 9.72 Å². The fourth-order valence-corrected chi connectivity index (χ4v) is 11.6. The van der Waals surface area contributed by atoms with Gasteiger partial charge in [0.1, 0.15) is 24.0 Å². The number of hydrogen-bond donors (Lipinski definition) is 0. The van der Waals surface area contributed by atoms with Gasteiger partial charge in [0.25, 0.3) is 0 Å². The zero-order valence-electron chi connectivity index (χ0n) is 47.3. The van der Waals surface area contributed by atoms with Crippen molar-refractivity contribution >= 4 is 44.6 Å². The number of anilines is 4. The summed E-state index contributed by atoms with van der Waals surface area (Å²) in [6, 6.07) is 82.1. The number of rotatable bonds is 11. The highest BCUT2D eigenvalue weighted by molar-refractivity contribution is 6.10. The maximum absolute atomic E-state index is 7.27. The van der Waals surface area contributed by atoms with Crippen LogP contribution in [0.3, 0.4) is 0 Å². The van der Waals surface area contributed by atoms with Crippen molar-refractivity contribution in [2.45, 2.75) is 90.9 Å². The summed E-state index contributed by atoms with van der Waals surface area (Å²) in [5, 5.41) is 2.30. The topological polar surface area (TPSA) is 33.5 Å². The molecule has 0 N–H and O–H groups in total. The second kappa shape index (κ2) is 19.7. The molecule has 1 aliphatic heterocycles. The van der Waals surface area contributed by atoms with Crippen molar-refractivity contribution in [3.05, 3.63) is 264 Å². The SMILES string of the molecule is CC(C)(C)c1ccnc(-n2c3ccc(-c4ccccc4)cc3c3ccc(Oc4cc(N5CN(c6cc(-c7ccccc7)cc(C(C)(C)c7ccccc7)c6)c6cc(C(C)(C)C)ccc65)cc(C(C)(C)c5ccccc5)c4)cc32)c1. The molecule has 12 rings (SSSR count). The summed E-state index contributed by atoms with van der Waals surface area (Å²) in [6.07, 6.45) is 1.94. The van der Waals surface area contributed by atoms with Crippen molar-refractivity contribution < 1.29 is 4.74 Å². The molecule has 0 radical (unpaired) electrons. The van der Waals surface area contributed by atoms with E-state index in [1.54, 1.807) is 0 Å². The molecule has 0 fully saturated rings. The molecule has 3 heterocycles. The molecule has 0 spiro atoms. The number of benzene rings is 9. The molecule has 392 valence electrons. The van der Waals surface area contributed by atoms with Crippen molar-refractivity contribution in [1.29, 1.82) is 0 Å². The fourth-order valence-electron chi connectivity index (χ4n) is 11.6. The third-order valence-corrected chi connectivity index (χ3v) is 16.6. The minimum atomic E-state index is -0.369. The first-order valence-corrected chi connectivity index (χ1v) is 27.9. The zero-order valence-corrected chi connectivity index (χ0v) is 47.3. The van der Waals surface area contributed by atoms with E-state index in [1.807, 2.05) is 6.20 Å². The molecular formula is C74H70N4O. The molecule has 0 saturated carbocycles. The summed E-state index contributed by atoms with van der Waals surface area (Å²) >= 11 is 0. The van der Waals surface area contributed by atoms with Gasteiger partial charge in [-0.25, -0.2) is 4.98 Å². The van der Waals surface area contributed by atoms with Crippen molar-refractivity contribution in [2.75, 3.05) is 16.5 Å². The molecular weight excluding hydrogens is 961 g/mol. The molecule has 79 heavy (non-hydrogen) atoms. The largest absolute Gasteiger partial charge is 0.457 e. The number of pyridine rings is 1. The highest BCUT2D eigenvalue weighted by atomic mass is 16.5. The Bertz CT molecular complexity index is 4030. The van der Waals surface area contributed by atoms with E-state index in [-0.39, 0.29) is 21.7 Å². The van der Waals surface area contributed by atoms with E-state index in [9.17, 15) is 0 Å². The molecule has 0 aliphatic carbocycles. The normalized spacial score (nSPS) is 13.1. The number of hydrogen-bond acceptors (Lipinski definition) is 4. The van der Waals surface area contributed by atoms with Crippen LogP contribution in [0, 0.1) is 0 Å². The average Bonchev–Trinajstić information content (AvgIpc) is 4.16. The number of fused-ring (bicyclic) bond motifs is 4. The molecule has 11 aromatic rings. The molecule has 0 saturated heterocycles. The van der Waals surface area contributed by atoms with Gasteiger partial charge in [-0.3, -0.25) is 4.57 Å². The number of nitrogens with zero attached hydrogens (tertiary/aromatic N) is 4. The molecule has 0 amide bonds. The van der Waals surface area contributed by atoms with E-state index in [2.05, 4.69) is 308 Å². The van der Waals surface area contributed by atoms with Crippen molar-refractivity contribution in [3.8, 4) is 39.6 Å². The van der Waals surface area contributed by atoms with Crippen LogP contribution in [0.5, 0.6) is 11.5 Å². The van der Waals surface area contributed by atoms with Crippen LogP contribution in [0.15, 0.2) is 231 Å². The van der Waals surface area contributed by atoms with Gasteiger partial charge < -0.3 is 14.5 Å². The third kappa shape index (κ3) is 9.67. The molecule has 0 atom stereocenters. The first-order valence-electron chi connectivity index (χ1n) is 27.9. The van der Waals surface area contributed by atoms with E-state index in [0.717, 1.165) is 61.7 Å². The molecule has 1 aliphatic rings. The van der Waals surface area contributed by atoms with Crippen LogP contribution in [0.1, 0.15) is 103 Å². The lowest BCUT2D eigenvalue weighted by atomic mass is 9.77. The average molecular weight is 1030 g/mol. The van der Waals surface area contributed by atoms with Crippen LogP contribution < -0.4 is 14.5 Å². The Hall–Kier alpha value is -8.67. The Morgan fingerprint density at radius 1 is 0.354 bits per heavy atom. The second-order valence-electron chi connectivity index (χ2n) is 24.7. The highest BCUT2D eigenvalue weighted by Gasteiger charge is 2.34. The van der Waals surface area contributed by atoms with Crippen LogP contribution in [0.25, 0.3) is 49.9 Å². The second-order valence-corrected chi connectivity index (χ2v) is 24.7. The van der Waals surface area contributed by atoms with Gasteiger partial charge in [0.2, 0.25) is 0 Å². The predicted molar refractivity (Wildman–Crippen MR) is 333 cm³/mol. The standard InChI is InChI=1S/C74H70N4O/c1-71(2,3)56-32-36-67-69(45-56)77(60-40-53(51-25-17-12-18-26-51)39-58(42-60)73(7,8)54-27-19-13-20-28-54)49-76(67)61-43-59(74(9,10)55-29-21-14-22-30-55)44-63(47-61)79-62-33-34-64-65-41-52(50-23-15-11-16-24-50)31-35-66(65)78(68(64)48-62)70-46-57(37-38-75-70)72(4,5)6/h11-48H,49H2,1-10H3. The smallest absolute Gasteiger partial charge is 0.137 e. The van der Waals surface area contributed by atoms with Crippen LogP contribution in [-0.2, 0) is 21.7 Å². The third-order valence-electron chi connectivity index (χ3n) is 16.6. The fraction of sp³-hybridized carbons (Fsp3) is 0.203. The maximum atomic E-state index is 7.27. The Morgan fingerprint density at radius 2 is 0.911 bits per heavy atom. The Labute approximate surface area is 467 Å². The van der Waals surface area contributed by atoms with E-state index >= 15 is 0 Å². The number of ether oxygens (including phenoxy) is 1. The van der Waals surface area contributed by atoms with Gasteiger partial charge >= 0.3 is 0 Å². The quantitative estimate of drug-likeness (QED) is 0.129. The molecule has 0 unspecified atom stereocenters. The molecule has 2 aromatic heterocycles. The van der Waals surface area contributed by atoms with Crippen LogP contribution in [0.4, 0.5) is 22.7 Å². The van der Waals surface area contributed by atoms with Gasteiger partial charge in [0.05, 0.1) is 22.4 Å². The molecule has 0 bridgehead atoms. The Kier molecular flexibility index (Phi) is 12.7. The monoisotopic (exact) mass is 1030 g/mol. The van der Waals surface area contributed by atoms with E-state index in [1.165, 1.54) is 55.8 Å². The lowest BCUT2D eigenvalue weighted by Gasteiger charge is -2.30. The van der Waals surface area contributed by atoms with Gasteiger partial charge in [-0.05, 0) is 139 Å². The maximum Gasteiger partial charge on any atom is 0.137 e.